The Morgan fingerprint density at radius 3 is 2.23 bits per heavy atom. The van der Waals surface area contributed by atoms with E-state index < -0.39 is 24.8 Å². The van der Waals surface area contributed by atoms with Crippen LogP contribution in [0.2, 0.25) is 0 Å². The first-order chi connectivity index (χ1) is 18.7. The van der Waals surface area contributed by atoms with Crippen molar-refractivity contribution in [3.05, 3.63) is 29.8 Å². The van der Waals surface area contributed by atoms with E-state index in [1.54, 1.807) is 54.8 Å². The molecule has 3 rings (SSSR count). The lowest BCUT2D eigenvalue weighted by Gasteiger charge is -2.41. The zero-order valence-electron chi connectivity index (χ0n) is 23.2. The number of ether oxygens (including phenoxy) is 4. The number of rotatable bonds is 11. The first kappa shape index (κ1) is 32.8. The number of hydrogen-bond acceptors (Lipinski definition) is 10. The summed E-state index contributed by atoms with van der Waals surface area (Å²) in [7, 11) is 0. The highest BCUT2D eigenvalue weighted by Gasteiger charge is 2.33. The van der Waals surface area contributed by atoms with Crippen molar-refractivity contribution in [2.75, 3.05) is 59.3 Å². The predicted octanol–water partition coefficient (Wildman–Crippen LogP) is 2.13. The van der Waals surface area contributed by atoms with Gasteiger partial charge in [0, 0.05) is 37.8 Å². The Morgan fingerprint density at radius 1 is 0.950 bits per heavy atom. The summed E-state index contributed by atoms with van der Waals surface area (Å²) in [6.45, 7) is 7.01. The summed E-state index contributed by atoms with van der Waals surface area (Å²) >= 11 is 0. The highest BCUT2D eigenvalue weighted by atomic mass is 35.5. The molecule has 0 radical (unpaired) electrons. The minimum absolute atomic E-state index is 0. The summed E-state index contributed by atoms with van der Waals surface area (Å²) in [5.41, 5.74) is 0.451. The van der Waals surface area contributed by atoms with Crippen LogP contribution < -0.4 is 4.74 Å². The van der Waals surface area contributed by atoms with E-state index in [-0.39, 0.29) is 62.4 Å². The Hall–Kier alpha value is -3.38. The minimum Gasteiger partial charge on any atom is -0.482 e. The number of carbonyl (C=O) groups excluding carboxylic acids is 5. The molecule has 0 spiro atoms. The summed E-state index contributed by atoms with van der Waals surface area (Å²) < 4.78 is 20.1. The van der Waals surface area contributed by atoms with Crippen LogP contribution in [0.15, 0.2) is 24.3 Å². The molecule has 12 nitrogen and oxygen atoms in total. The van der Waals surface area contributed by atoms with E-state index in [9.17, 15) is 24.0 Å². The fraction of sp³-hybridized carbons (Fsp3) is 0.593. The molecule has 0 N–H and O–H groups in total. The number of ketones is 1. The van der Waals surface area contributed by atoms with Crippen LogP contribution in [-0.2, 0) is 28.6 Å². The van der Waals surface area contributed by atoms with Gasteiger partial charge in [0.2, 0.25) is 12.7 Å². The van der Waals surface area contributed by atoms with Gasteiger partial charge in [-0.25, -0.2) is 9.59 Å². The lowest BCUT2D eigenvalue weighted by atomic mass is 10.0. The minimum atomic E-state index is -0.525. The van der Waals surface area contributed by atoms with Gasteiger partial charge in [-0.15, -0.1) is 12.4 Å². The SMILES string of the molecule is CCOC(=O)COc1ccc(C(=O)CN2CCN(C3CCN(C(=O)OCOC(=O)C(C)C)CC3)CC2=O)cc1.Cl. The molecule has 13 heteroatoms. The standard InChI is InChI=1S/C27H37N3O9.ClH/c1-4-36-25(33)17-37-22-7-5-20(6-8-22)23(31)15-30-14-13-29(16-24(30)32)21-9-11-28(12-10-21)27(35)39-18-38-26(34)19(2)3;/h5-8,19,21H,4,9-18H2,1-3H3;1H. The number of Topliss-reactive ketones (excluding diaryl/α,β-unsaturated/α-hetero) is 1. The highest BCUT2D eigenvalue weighted by molar-refractivity contribution is 5.99. The molecule has 222 valence electrons. The first-order valence-corrected chi connectivity index (χ1v) is 13.2. The third-order valence-corrected chi connectivity index (χ3v) is 6.62. The van der Waals surface area contributed by atoms with Crippen LogP contribution in [0.3, 0.4) is 0 Å². The number of carbonyl (C=O) groups is 5. The second-order valence-corrected chi connectivity index (χ2v) is 9.69. The fourth-order valence-corrected chi connectivity index (χ4v) is 4.36. The molecule has 2 aliphatic rings. The van der Waals surface area contributed by atoms with Gasteiger partial charge in [0.25, 0.3) is 0 Å². The third-order valence-electron chi connectivity index (χ3n) is 6.62. The largest absolute Gasteiger partial charge is 0.482 e. The molecule has 40 heavy (non-hydrogen) atoms. The van der Waals surface area contributed by atoms with Crippen molar-refractivity contribution in [3.8, 4) is 5.75 Å². The van der Waals surface area contributed by atoms with Crippen molar-refractivity contribution in [2.24, 2.45) is 5.92 Å². The van der Waals surface area contributed by atoms with Gasteiger partial charge in [-0.2, -0.15) is 0 Å². The summed E-state index contributed by atoms with van der Waals surface area (Å²) in [5.74, 6) is -1.04. The molecule has 0 unspecified atom stereocenters. The molecule has 0 atom stereocenters. The Labute approximate surface area is 240 Å². The molecule has 2 amide bonds. The van der Waals surface area contributed by atoms with Crippen LogP contribution in [0, 0.1) is 5.92 Å². The van der Waals surface area contributed by atoms with Crippen molar-refractivity contribution >= 4 is 42.1 Å². The Kier molecular flexibility index (Phi) is 13.1. The van der Waals surface area contributed by atoms with Crippen LogP contribution in [-0.4, -0.2) is 110 Å². The fourth-order valence-electron chi connectivity index (χ4n) is 4.36. The number of amides is 2. The van der Waals surface area contributed by atoms with E-state index in [4.69, 9.17) is 18.9 Å². The molecule has 2 aliphatic heterocycles. The molecular formula is C27H38ClN3O9. The molecule has 1 aromatic rings. The predicted molar refractivity (Wildman–Crippen MR) is 145 cm³/mol. The Bertz CT molecular complexity index is 1030. The zero-order valence-corrected chi connectivity index (χ0v) is 24.0. The third kappa shape index (κ3) is 9.67. The van der Waals surface area contributed by atoms with Gasteiger partial charge < -0.3 is 28.7 Å². The van der Waals surface area contributed by atoms with E-state index >= 15 is 0 Å². The topological polar surface area (TPSA) is 132 Å². The normalized spacial score (nSPS) is 16.2. The molecule has 0 saturated carbocycles. The molecule has 0 bridgehead atoms. The van der Waals surface area contributed by atoms with Gasteiger partial charge in [0.1, 0.15) is 5.75 Å². The van der Waals surface area contributed by atoms with Crippen molar-refractivity contribution < 1.29 is 42.9 Å². The maximum absolute atomic E-state index is 12.8. The molecule has 0 aliphatic carbocycles. The van der Waals surface area contributed by atoms with E-state index in [0.717, 1.165) is 0 Å². The number of hydrogen-bond donors (Lipinski definition) is 0. The smallest absolute Gasteiger partial charge is 0.412 e. The van der Waals surface area contributed by atoms with E-state index in [2.05, 4.69) is 4.90 Å². The maximum atomic E-state index is 12.8. The van der Waals surface area contributed by atoms with Gasteiger partial charge in [-0.1, -0.05) is 13.8 Å². The average Bonchev–Trinajstić information content (AvgIpc) is 2.93. The lowest BCUT2D eigenvalue weighted by Crippen LogP contribution is -2.56. The molecule has 1 aromatic carbocycles. The summed E-state index contributed by atoms with van der Waals surface area (Å²) in [6, 6.07) is 6.57. The monoisotopic (exact) mass is 583 g/mol. The van der Waals surface area contributed by atoms with Crippen molar-refractivity contribution in [1.82, 2.24) is 14.7 Å². The van der Waals surface area contributed by atoms with Crippen molar-refractivity contribution in [1.29, 1.82) is 0 Å². The first-order valence-electron chi connectivity index (χ1n) is 13.2. The summed E-state index contributed by atoms with van der Waals surface area (Å²) in [5, 5.41) is 0. The van der Waals surface area contributed by atoms with Crippen LogP contribution in [0.4, 0.5) is 4.79 Å². The summed E-state index contributed by atoms with van der Waals surface area (Å²) in [4.78, 5) is 65.9. The number of piperidine rings is 1. The van der Waals surface area contributed by atoms with Crippen LogP contribution in [0.1, 0.15) is 44.0 Å². The van der Waals surface area contributed by atoms with Gasteiger partial charge in [0.05, 0.1) is 25.6 Å². The number of likely N-dealkylation sites (tertiary alicyclic amines) is 1. The summed E-state index contributed by atoms with van der Waals surface area (Å²) in [6.07, 6.45) is 0.859. The molecular weight excluding hydrogens is 546 g/mol. The van der Waals surface area contributed by atoms with E-state index in [0.29, 0.717) is 50.3 Å². The van der Waals surface area contributed by atoms with Crippen LogP contribution in [0.25, 0.3) is 0 Å². The molecule has 2 saturated heterocycles. The van der Waals surface area contributed by atoms with E-state index in [1.165, 1.54) is 0 Å². The quantitative estimate of drug-likeness (QED) is 0.217. The lowest BCUT2D eigenvalue weighted by molar-refractivity contribution is -0.156. The second kappa shape index (κ2) is 16.0. The van der Waals surface area contributed by atoms with Crippen molar-refractivity contribution in [2.45, 2.75) is 39.7 Å². The Balaban J connectivity index is 0.00000560. The number of benzene rings is 1. The second-order valence-electron chi connectivity index (χ2n) is 9.69. The number of piperazine rings is 1. The molecule has 0 aromatic heterocycles. The number of halogens is 1. The van der Waals surface area contributed by atoms with Gasteiger partial charge in [0.15, 0.2) is 12.4 Å². The van der Waals surface area contributed by atoms with Crippen molar-refractivity contribution in [3.63, 3.8) is 0 Å². The van der Waals surface area contributed by atoms with Gasteiger partial charge in [-0.05, 0) is 44.0 Å². The molecule has 2 fully saturated rings. The zero-order chi connectivity index (χ0) is 28.4. The van der Waals surface area contributed by atoms with Crippen LogP contribution >= 0.6 is 12.4 Å². The number of esters is 2. The highest BCUT2D eigenvalue weighted by Crippen LogP contribution is 2.20. The maximum Gasteiger partial charge on any atom is 0.412 e. The van der Waals surface area contributed by atoms with E-state index in [1.807, 2.05) is 0 Å². The van der Waals surface area contributed by atoms with Gasteiger partial charge in [-0.3, -0.25) is 19.3 Å². The van der Waals surface area contributed by atoms with Gasteiger partial charge >= 0.3 is 18.0 Å². The number of nitrogens with zero attached hydrogens (tertiary/aromatic N) is 3. The average molecular weight is 584 g/mol. The Morgan fingerprint density at radius 2 is 1.62 bits per heavy atom. The molecule has 2 heterocycles. The van der Waals surface area contributed by atoms with Crippen LogP contribution in [0.5, 0.6) is 5.75 Å².